The Kier molecular flexibility index (Phi) is 4.63. The molecule has 0 heterocycles. The number of ether oxygens (including phenoxy) is 1. The van der Waals surface area contributed by atoms with Crippen molar-refractivity contribution in [2.45, 2.75) is 26.3 Å². The molecule has 15 heavy (non-hydrogen) atoms. The SMILES string of the molecule is CCC(C)N=C(Cl)c1ccccc1OC. The summed E-state index contributed by atoms with van der Waals surface area (Å²) in [7, 11) is 1.63. The van der Waals surface area contributed by atoms with E-state index in [-0.39, 0.29) is 6.04 Å². The van der Waals surface area contributed by atoms with Crippen LogP contribution in [-0.2, 0) is 0 Å². The third kappa shape index (κ3) is 3.24. The Hall–Kier alpha value is -1.02. The number of nitrogens with zero attached hydrogens (tertiary/aromatic N) is 1. The molecule has 0 aliphatic heterocycles. The van der Waals surface area contributed by atoms with Crippen LogP contribution in [0.3, 0.4) is 0 Å². The fourth-order valence-corrected chi connectivity index (χ4v) is 1.49. The van der Waals surface area contributed by atoms with E-state index < -0.39 is 0 Å². The van der Waals surface area contributed by atoms with Gasteiger partial charge in [-0.2, -0.15) is 0 Å². The highest BCUT2D eigenvalue weighted by Gasteiger charge is 2.07. The van der Waals surface area contributed by atoms with E-state index in [1.165, 1.54) is 0 Å². The molecule has 0 fully saturated rings. The topological polar surface area (TPSA) is 21.6 Å². The van der Waals surface area contributed by atoms with E-state index in [4.69, 9.17) is 16.3 Å². The van der Waals surface area contributed by atoms with Crippen LogP contribution in [0.25, 0.3) is 0 Å². The van der Waals surface area contributed by atoms with Crippen molar-refractivity contribution in [3.63, 3.8) is 0 Å². The Labute approximate surface area is 95.9 Å². The van der Waals surface area contributed by atoms with Gasteiger partial charge in [-0.1, -0.05) is 30.7 Å². The number of hydrogen-bond donors (Lipinski definition) is 0. The summed E-state index contributed by atoms with van der Waals surface area (Å²) >= 11 is 6.13. The lowest BCUT2D eigenvalue weighted by atomic mass is 10.2. The van der Waals surface area contributed by atoms with Crippen LogP contribution in [0.1, 0.15) is 25.8 Å². The zero-order chi connectivity index (χ0) is 11.3. The summed E-state index contributed by atoms with van der Waals surface area (Å²) in [4.78, 5) is 4.38. The summed E-state index contributed by atoms with van der Waals surface area (Å²) in [6.45, 7) is 4.12. The predicted octanol–water partition coefficient (Wildman–Crippen LogP) is 3.48. The summed E-state index contributed by atoms with van der Waals surface area (Å²) in [5.74, 6) is 0.759. The van der Waals surface area contributed by atoms with Gasteiger partial charge >= 0.3 is 0 Å². The van der Waals surface area contributed by atoms with E-state index >= 15 is 0 Å². The highest BCUT2D eigenvalue weighted by Crippen LogP contribution is 2.20. The lowest BCUT2D eigenvalue weighted by molar-refractivity contribution is 0.414. The Bertz CT molecular complexity index is 349. The average Bonchev–Trinajstić information content (AvgIpc) is 2.28. The quantitative estimate of drug-likeness (QED) is 0.719. The standard InChI is InChI=1S/C12H16ClNO/c1-4-9(2)14-12(13)10-7-5-6-8-11(10)15-3/h5-9H,4H2,1-3H3. The second-order valence-corrected chi connectivity index (χ2v) is 3.74. The van der Waals surface area contributed by atoms with Gasteiger partial charge in [0.05, 0.1) is 12.7 Å². The molecule has 1 rings (SSSR count). The van der Waals surface area contributed by atoms with Crippen molar-refractivity contribution in [2.75, 3.05) is 7.11 Å². The molecule has 1 aromatic carbocycles. The van der Waals surface area contributed by atoms with Crippen LogP contribution in [-0.4, -0.2) is 18.3 Å². The predicted molar refractivity (Wildman–Crippen MR) is 65.1 cm³/mol. The van der Waals surface area contributed by atoms with Crippen LogP contribution in [0.4, 0.5) is 0 Å². The molecule has 1 aromatic rings. The van der Waals surface area contributed by atoms with Gasteiger partial charge in [-0.15, -0.1) is 0 Å². The molecular weight excluding hydrogens is 210 g/mol. The van der Waals surface area contributed by atoms with Crippen molar-refractivity contribution in [2.24, 2.45) is 4.99 Å². The molecule has 82 valence electrons. The van der Waals surface area contributed by atoms with E-state index in [1.54, 1.807) is 7.11 Å². The molecule has 2 nitrogen and oxygen atoms in total. The Morgan fingerprint density at radius 2 is 2.13 bits per heavy atom. The average molecular weight is 226 g/mol. The van der Waals surface area contributed by atoms with Gasteiger partial charge in [0.2, 0.25) is 0 Å². The van der Waals surface area contributed by atoms with Crippen LogP contribution in [0, 0.1) is 0 Å². The molecule has 1 unspecified atom stereocenters. The first-order valence-corrected chi connectivity index (χ1v) is 5.43. The molecule has 0 aromatic heterocycles. The Morgan fingerprint density at radius 1 is 1.47 bits per heavy atom. The molecular formula is C12H16ClNO. The van der Waals surface area contributed by atoms with Crippen molar-refractivity contribution >= 4 is 16.8 Å². The van der Waals surface area contributed by atoms with Gasteiger partial charge in [0.25, 0.3) is 0 Å². The number of para-hydroxylation sites is 1. The summed E-state index contributed by atoms with van der Waals surface area (Å²) in [6, 6.07) is 7.86. The van der Waals surface area contributed by atoms with Gasteiger partial charge in [-0.05, 0) is 25.5 Å². The minimum Gasteiger partial charge on any atom is -0.496 e. The summed E-state index contributed by atoms with van der Waals surface area (Å²) in [5.41, 5.74) is 0.849. The third-order valence-corrected chi connectivity index (χ3v) is 2.55. The van der Waals surface area contributed by atoms with Gasteiger partial charge in [0.1, 0.15) is 10.9 Å². The maximum Gasteiger partial charge on any atom is 0.134 e. The largest absolute Gasteiger partial charge is 0.496 e. The third-order valence-electron chi connectivity index (χ3n) is 2.25. The first kappa shape index (κ1) is 12.1. The Morgan fingerprint density at radius 3 is 2.73 bits per heavy atom. The fourth-order valence-electron chi connectivity index (χ4n) is 1.17. The molecule has 0 saturated heterocycles. The van der Waals surface area contributed by atoms with Crippen LogP contribution >= 0.6 is 11.6 Å². The minimum absolute atomic E-state index is 0.238. The van der Waals surface area contributed by atoms with Crippen molar-refractivity contribution in [1.29, 1.82) is 0 Å². The summed E-state index contributed by atoms with van der Waals surface area (Å²) in [5, 5.41) is 0.516. The molecule has 0 saturated carbocycles. The first-order chi connectivity index (χ1) is 7.19. The van der Waals surface area contributed by atoms with Crippen molar-refractivity contribution in [3.05, 3.63) is 29.8 Å². The monoisotopic (exact) mass is 225 g/mol. The highest BCUT2D eigenvalue weighted by molar-refractivity contribution is 6.69. The lowest BCUT2D eigenvalue weighted by Crippen LogP contribution is -2.02. The molecule has 0 radical (unpaired) electrons. The van der Waals surface area contributed by atoms with Crippen LogP contribution in [0.5, 0.6) is 5.75 Å². The zero-order valence-corrected chi connectivity index (χ0v) is 10.1. The molecule has 0 bridgehead atoms. The van der Waals surface area contributed by atoms with Crippen LogP contribution in [0.15, 0.2) is 29.3 Å². The van der Waals surface area contributed by atoms with Gasteiger partial charge in [-0.25, -0.2) is 0 Å². The molecule has 1 atom stereocenters. The molecule has 0 N–H and O–H groups in total. The summed E-state index contributed by atoms with van der Waals surface area (Å²) < 4.78 is 5.22. The number of rotatable bonds is 4. The normalized spacial score (nSPS) is 13.7. The second kappa shape index (κ2) is 5.76. The number of aliphatic imine (C=N–C) groups is 1. The molecule has 0 spiro atoms. The van der Waals surface area contributed by atoms with E-state index in [2.05, 4.69) is 11.9 Å². The second-order valence-electron chi connectivity index (χ2n) is 3.38. The molecule has 0 aliphatic rings. The summed E-state index contributed by atoms with van der Waals surface area (Å²) in [6.07, 6.45) is 0.978. The molecule has 0 amide bonds. The highest BCUT2D eigenvalue weighted by atomic mass is 35.5. The van der Waals surface area contributed by atoms with Gasteiger partial charge in [0.15, 0.2) is 0 Å². The number of halogens is 1. The molecule has 3 heteroatoms. The first-order valence-electron chi connectivity index (χ1n) is 5.05. The van der Waals surface area contributed by atoms with Crippen LogP contribution in [0.2, 0.25) is 0 Å². The van der Waals surface area contributed by atoms with E-state index in [1.807, 2.05) is 31.2 Å². The van der Waals surface area contributed by atoms with Gasteiger partial charge in [0, 0.05) is 6.04 Å². The Balaban J connectivity index is 2.99. The van der Waals surface area contributed by atoms with Crippen LogP contribution < -0.4 is 4.74 Å². The van der Waals surface area contributed by atoms with Gasteiger partial charge < -0.3 is 4.74 Å². The smallest absolute Gasteiger partial charge is 0.134 e. The van der Waals surface area contributed by atoms with Gasteiger partial charge in [-0.3, -0.25) is 4.99 Å². The lowest BCUT2D eigenvalue weighted by Gasteiger charge is -2.08. The maximum absolute atomic E-state index is 6.13. The number of hydrogen-bond acceptors (Lipinski definition) is 2. The van der Waals surface area contributed by atoms with Crippen molar-refractivity contribution in [1.82, 2.24) is 0 Å². The molecule has 0 aliphatic carbocycles. The number of methoxy groups -OCH3 is 1. The minimum atomic E-state index is 0.238. The fraction of sp³-hybridized carbons (Fsp3) is 0.417. The van der Waals surface area contributed by atoms with E-state index in [0.29, 0.717) is 5.17 Å². The van der Waals surface area contributed by atoms with Crippen molar-refractivity contribution in [3.8, 4) is 5.75 Å². The number of benzene rings is 1. The maximum atomic E-state index is 6.13. The van der Waals surface area contributed by atoms with E-state index in [0.717, 1.165) is 17.7 Å². The zero-order valence-electron chi connectivity index (χ0n) is 9.33. The van der Waals surface area contributed by atoms with Crippen molar-refractivity contribution < 1.29 is 4.74 Å². The van der Waals surface area contributed by atoms with E-state index in [9.17, 15) is 0 Å².